The number of hydrogen-bond donors (Lipinski definition) is 0. The van der Waals surface area contributed by atoms with E-state index in [1.54, 1.807) is 42.5 Å². The number of sulfonamides is 1. The van der Waals surface area contributed by atoms with Gasteiger partial charge in [-0.3, -0.25) is 4.79 Å². The molecule has 0 saturated heterocycles. The Balaban J connectivity index is 1.90. The number of amides is 1. The maximum Gasteiger partial charge on any atom is 0.282 e. The van der Waals surface area contributed by atoms with Crippen LogP contribution in [0.3, 0.4) is 0 Å². The summed E-state index contributed by atoms with van der Waals surface area (Å²) in [6.45, 7) is 0. The van der Waals surface area contributed by atoms with E-state index in [9.17, 15) is 13.2 Å². The minimum absolute atomic E-state index is 0.0834. The summed E-state index contributed by atoms with van der Waals surface area (Å²) < 4.78 is 33.9. The zero-order valence-corrected chi connectivity index (χ0v) is 15.3. The highest BCUT2D eigenvalue weighted by molar-refractivity contribution is 7.90. The fourth-order valence-corrected chi connectivity index (χ4v) is 3.36. The zero-order valence-electron chi connectivity index (χ0n) is 14.4. The second-order valence-electron chi connectivity index (χ2n) is 5.52. The first kappa shape index (κ1) is 18.5. The molecule has 136 valence electrons. The van der Waals surface area contributed by atoms with Gasteiger partial charge < -0.3 is 4.74 Å². The third-order valence-electron chi connectivity index (χ3n) is 3.67. The van der Waals surface area contributed by atoms with Crippen LogP contribution in [0.1, 0.15) is 10.4 Å². The molecular formula is C20H16N2O4S. The number of methoxy groups -OCH3 is 1. The van der Waals surface area contributed by atoms with Gasteiger partial charge in [-0.25, -0.2) is 4.99 Å². The van der Waals surface area contributed by atoms with Crippen molar-refractivity contribution in [1.29, 1.82) is 0 Å². The number of benzene rings is 2. The van der Waals surface area contributed by atoms with Gasteiger partial charge in [0.25, 0.3) is 15.9 Å². The molecule has 2 aromatic carbocycles. The highest BCUT2D eigenvalue weighted by atomic mass is 32.2. The van der Waals surface area contributed by atoms with Gasteiger partial charge in [-0.2, -0.15) is 12.8 Å². The van der Waals surface area contributed by atoms with Crippen molar-refractivity contribution in [2.24, 2.45) is 9.39 Å². The molecule has 1 aliphatic rings. The molecule has 0 unspecified atom stereocenters. The van der Waals surface area contributed by atoms with Gasteiger partial charge in [-0.1, -0.05) is 36.4 Å². The molecule has 7 heteroatoms. The summed E-state index contributed by atoms with van der Waals surface area (Å²) >= 11 is 0. The molecule has 1 amide bonds. The van der Waals surface area contributed by atoms with E-state index in [4.69, 9.17) is 4.74 Å². The predicted octanol–water partition coefficient (Wildman–Crippen LogP) is 3.20. The first-order valence-corrected chi connectivity index (χ1v) is 9.46. The summed E-state index contributed by atoms with van der Waals surface area (Å²) in [7, 11) is -2.48. The van der Waals surface area contributed by atoms with Crippen LogP contribution in [0, 0.1) is 0 Å². The van der Waals surface area contributed by atoms with Crippen LogP contribution in [0.5, 0.6) is 0 Å². The van der Waals surface area contributed by atoms with Crippen LogP contribution in [0.4, 0.5) is 0 Å². The van der Waals surface area contributed by atoms with Gasteiger partial charge in [-0.05, 0) is 36.4 Å². The Bertz CT molecular complexity index is 1070. The van der Waals surface area contributed by atoms with Gasteiger partial charge in [0.2, 0.25) is 0 Å². The van der Waals surface area contributed by atoms with Crippen molar-refractivity contribution in [3.8, 4) is 0 Å². The molecule has 2 aromatic rings. The standard InChI is InChI=1S/C20H16N2O4S/c1-26-19-14-16(21-20(23)15-8-4-2-5-9-15)12-13-18(19)22-27(24,25)17-10-6-3-7-11-17/h2-14H,1H3/b21-16?,22-18+. The average Bonchev–Trinajstić information content (AvgIpc) is 2.70. The van der Waals surface area contributed by atoms with Crippen molar-refractivity contribution < 1.29 is 17.9 Å². The minimum atomic E-state index is -3.88. The predicted molar refractivity (Wildman–Crippen MR) is 104 cm³/mol. The van der Waals surface area contributed by atoms with Crippen LogP contribution in [-0.2, 0) is 14.8 Å². The number of nitrogens with zero attached hydrogens (tertiary/aromatic N) is 2. The third kappa shape index (κ3) is 4.45. The van der Waals surface area contributed by atoms with Gasteiger partial charge >= 0.3 is 0 Å². The van der Waals surface area contributed by atoms with E-state index in [1.807, 2.05) is 6.07 Å². The maximum atomic E-state index is 12.4. The van der Waals surface area contributed by atoms with Crippen LogP contribution in [-0.4, -0.2) is 32.9 Å². The summed E-state index contributed by atoms with van der Waals surface area (Å²) in [6, 6.07) is 16.5. The quantitative estimate of drug-likeness (QED) is 0.763. The first-order valence-electron chi connectivity index (χ1n) is 8.02. The Kier molecular flexibility index (Phi) is 5.42. The number of carbonyl (C=O) groups excluding carboxylic acids is 1. The molecule has 0 saturated carbocycles. The molecule has 0 N–H and O–H groups in total. The average molecular weight is 380 g/mol. The van der Waals surface area contributed by atoms with Crippen molar-refractivity contribution >= 4 is 27.4 Å². The Morgan fingerprint density at radius 3 is 2.19 bits per heavy atom. The van der Waals surface area contributed by atoms with Crippen LogP contribution in [0.25, 0.3) is 0 Å². The Labute approximate surface area is 157 Å². The van der Waals surface area contributed by atoms with E-state index < -0.39 is 15.9 Å². The molecule has 1 aliphatic carbocycles. The summed E-state index contributed by atoms with van der Waals surface area (Å²) in [6.07, 6.45) is 4.44. The van der Waals surface area contributed by atoms with Crippen LogP contribution in [0.2, 0.25) is 0 Å². The molecule has 6 nitrogen and oxygen atoms in total. The van der Waals surface area contributed by atoms with Crippen LogP contribution >= 0.6 is 0 Å². The van der Waals surface area contributed by atoms with Gasteiger partial charge in [0.1, 0.15) is 11.5 Å². The van der Waals surface area contributed by atoms with Gasteiger partial charge in [0, 0.05) is 11.6 Å². The van der Waals surface area contributed by atoms with Crippen molar-refractivity contribution in [1.82, 2.24) is 0 Å². The largest absolute Gasteiger partial charge is 0.494 e. The van der Waals surface area contributed by atoms with Gasteiger partial charge in [0.05, 0.1) is 17.7 Å². The highest BCUT2D eigenvalue weighted by Gasteiger charge is 2.18. The lowest BCUT2D eigenvalue weighted by molar-refractivity contribution is 0.100. The normalized spacial score (nSPS) is 17.0. The number of aliphatic imine (C=N–C) groups is 1. The molecule has 0 fully saturated rings. The molecule has 3 rings (SSSR count). The summed E-state index contributed by atoms with van der Waals surface area (Å²) in [4.78, 5) is 16.3. The second kappa shape index (κ2) is 7.92. The number of rotatable bonds is 4. The van der Waals surface area contributed by atoms with Crippen molar-refractivity contribution in [3.63, 3.8) is 0 Å². The smallest absolute Gasteiger partial charge is 0.282 e. The number of hydrogen-bond acceptors (Lipinski definition) is 4. The van der Waals surface area contributed by atoms with E-state index in [-0.39, 0.29) is 16.4 Å². The van der Waals surface area contributed by atoms with E-state index >= 15 is 0 Å². The van der Waals surface area contributed by atoms with Crippen molar-refractivity contribution in [2.75, 3.05) is 7.11 Å². The molecule has 0 spiro atoms. The van der Waals surface area contributed by atoms with E-state index in [0.717, 1.165) is 0 Å². The Morgan fingerprint density at radius 2 is 1.56 bits per heavy atom. The molecule has 0 radical (unpaired) electrons. The number of carbonyl (C=O) groups is 1. The minimum Gasteiger partial charge on any atom is -0.494 e. The Morgan fingerprint density at radius 1 is 0.926 bits per heavy atom. The summed E-state index contributed by atoms with van der Waals surface area (Å²) in [5, 5.41) is 0. The molecule has 0 heterocycles. The monoisotopic (exact) mass is 380 g/mol. The summed E-state index contributed by atoms with van der Waals surface area (Å²) in [5.41, 5.74) is 0.932. The number of ether oxygens (including phenoxy) is 1. The fraction of sp³-hybridized carbons (Fsp3) is 0.0500. The lowest BCUT2D eigenvalue weighted by Crippen LogP contribution is -2.13. The SMILES string of the molecule is COC1=CC(=NC(=O)c2ccccc2)C=C/C1=N\S(=O)(=O)c1ccccc1. The fourth-order valence-electron chi connectivity index (χ4n) is 2.35. The van der Waals surface area contributed by atoms with Crippen molar-refractivity contribution in [3.05, 3.63) is 90.2 Å². The van der Waals surface area contributed by atoms with Crippen molar-refractivity contribution in [2.45, 2.75) is 4.90 Å². The van der Waals surface area contributed by atoms with Gasteiger partial charge in [-0.15, -0.1) is 0 Å². The van der Waals surface area contributed by atoms with E-state index in [2.05, 4.69) is 9.39 Å². The molecule has 27 heavy (non-hydrogen) atoms. The Hall–Kier alpha value is -3.32. The number of allylic oxidation sites excluding steroid dienone is 3. The lowest BCUT2D eigenvalue weighted by atomic mass is 10.1. The highest BCUT2D eigenvalue weighted by Crippen LogP contribution is 2.16. The van der Waals surface area contributed by atoms with E-state index in [1.165, 1.54) is 37.5 Å². The molecule has 0 bridgehead atoms. The maximum absolute atomic E-state index is 12.4. The summed E-state index contributed by atoms with van der Waals surface area (Å²) in [5.74, 6) is -0.198. The molecular weight excluding hydrogens is 364 g/mol. The third-order valence-corrected chi connectivity index (χ3v) is 4.98. The van der Waals surface area contributed by atoms with Crippen LogP contribution < -0.4 is 0 Å². The molecule has 0 aromatic heterocycles. The molecule has 0 aliphatic heterocycles. The zero-order chi connectivity index (χ0) is 19.3. The second-order valence-corrected chi connectivity index (χ2v) is 7.12. The van der Waals surface area contributed by atoms with E-state index in [0.29, 0.717) is 11.3 Å². The van der Waals surface area contributed by atoms with Crippen LogP contribution in [0.15, 0.2) is 98.9 Å². The topological polar surface area (TPSA) is 85.2 Å². The lowest BCUT2D eigenvalue weighted by Gasteiger charge is -2.11. The van der Waals surface area contributed by atoms with Gasteiger partial charge in [0.15, 0.2) is 0 Å². The molecule has 0 atom stereocenters. The first-order chi connectivity index (χ1) is 13.0.